The third kappa shape index (κ3) is 3.41. The standard InChI is InChI=1S/C12H13Br3O/c1-12(2,15)11(16)8-3-4-9(6-13)10(5-8)7-14/h3-5H,6-7H2,1-2H3. The highest BCUT2D eigenvalue weighted by Gasteiger charge is 2.25. The highest BCUT2D eigenvalue weighted by molar-refractivity contribution is 9.10. The highest BCUT2D eigenvalue weighted by Crippen LogP contribution is 2.25. The van der Waals surface area contributed by atoms with Crippen LogP contribution in [0.3, 0.4) is 0 Å². The van der Waals surface area contributed by atoms with Crippen LogP contribution in [0.15, 0.2) is 18.2 Å². The molecule has 0 bridgehead atoms. The van der Waals surface area contributed by atoms with Gasteiger partial charge in [0.25, 0.3) is 0 Å². The third-order valence-corrected chi connectivity index (χ3v) is 3.86. The number of benzene rings is 1. The SMILES string of the molecule is CC(C)(Br)C(=O)c1ccc(CBr)c(CBr)c1. The van der Waals surface area contributed by atoms with Gasteiger partial charge in [0.05, 0.1) is 4.32 Å². The molecular weight excluding hydrogens is 400 g/mol. The molecule has 1 rings (SSSR count). The van der Waals surface area contributed by atoms with Gasteiger partial charge in [0.1, 0.15) is 0 Å². The van der Waals surface area contributed by atoms with Crippen LogP contribution in [0.1, 0.15) is 35.3 Å². The normalized spacial score (nSPS) is 11.6. The zero-order valence-electron chi connectivity index (χ0n) is 9.19. The maximum absolute atomic E-state index is 12.1. The Morgan fingerprint density at radius 1 is 1.19 bits per heavy atom. The summed E-state index contributed by atoms with van der Waals surface area (Å²) in [6, 6.07) is 5.84. The van der Waals surface area contributed by atoms with E-state index >= 15 is 0 Å². The van der Waals surface area contributed by atoms with Crippen molar-refractivity contribution in [3.8, 4) is 0 Å². The Hall–Kier alpha value is 0.330. The Kier molecular flexibility index (Phi) is 5.20. The van der Waals surface area contributed by atoms with Gasteiger partial charge in [-0.15, -0.1) is 0 Å². The number of Topliss-reactive ketones (excluding diaryl/α,β-unsaturated/α-hetero) is 1. The van der Waals surface area contributed by atoms with Gasteiger partial charge in [0.15, 0.2) is 5.78 Å². The van der Waals surface area contributed by atoms with Crippen LogP contribution in [0.4, 0.5) is 0 Å². The molecule has 0 saturated heterocycles. The molecule has 0 fully saturated rings. The monoisotopic (exact) mass is 410 g/mol. The summed E-state index contributed by atoms with van der Waals surface area (Å²) in [5.41, 5.74) is 3.11. The maximum Gasteiger partial charge on any atom is 0.178 e. The Bertz CT molecular complexity index is 394. The molecule has 0 N–H and O–H groups in total. The van der Waals surface area contributed by atoms with E-state index in [1.165, 1.54) is 5.56 Å². The van der Waals surface area contributed by atoms with E-state index in [9.17, 15) is 4.79 Å². The second-order valence-corrected chi connectivity index (χ2v) is 7.16. The van der Waals surface area contributed by atoms with E-state index in [1.54, 1.807) is 0 Å². The summed E-state index contributed by atoms with van der Waals surface area (Å²) in [6.45, 7) is 3.73. The topological polar surface area (TPSA) is 17.1 Å². The Morgan fingerprint density at radius 3 is 2.19 bits per heavy atom. The van der Waals surface area contributed by atoms with Gasteiger partial charge in [0, 0.05) is 16.2 Å². The van der Waals surface area contributed by atoms with Crippen LogP contribution < -0.4 is 0 Å². The lowest BCUT2D eigenvalue weighted by Gasteiger charge is -2.15. The van der Waals surface area contributed by atoms with E-state index in [4.69, 9.17) is 0 Å². The first-order chi connectivity index (χ1) is 7.40. The van der Waals surface area contributed by atoms with E-state index < -0.39 is 4.32 Å². The molecule has 0 amide bonds. The van der Waals surface area contributed by atoms with Gasteiger partial charge in [0.2, 0.25) is 0 Å². The fraction of sp³-hybridized carbons (Fsp3) is 0.417. The van der Waals surface area contributed by atoms with Gasteiger partial charge in [-0.05, 0) is 31.0 Å². The molecule has 0 unspecified atom stereocenters. The van der Waals surface area contributed by atoms with E-state index in [-0.39, 0.29) is 5.78 Å². The van der Waals surface area contributed by atoms with E-state index in [2.05, 4.69) is 47.8 Å². The minimum atomic E-state index is -0.507. The number of hydrogen-bond donors (Lipinski definition) is 0. The van der Waals surface area contributed by atoms with E-state index in [1.807, 2.05) is 32.0 Å². The number of rotatable bonds is 4. The van der Waals surface area contributed by atoms with Crippen LogP contribution in [0.5, 0.6) is 0 Å². The number of halogens is 3. The smallest absolute Gasteiger partial charge is 0.178 e. The van der Waals surface area contributed by atoms with Crippen molar-refractivity contribution < 1.29 is 4.79 Å². The number of carbonyl (C=O) groups is 1. The zero-order chi connectivity index (χ0) is 12.3. The number of hydrogen-bond acceptors (Lipinski definition) is 1. The lowest BCUT2D eigenvalue weighted by molar-refractivity contribution is 0.0961. The molecule has 4 heteroatoms. The molecule has 1 aromatic rings. The van der Waals surface area contributed by atoms with Crippen molar-refractivity contribution in [2.24, 2.45) is 0 Å². The fourth-order valence-electron chi connectivity index (χ4n) is 1.37. The summed E-state index contributed by atoms with van der Waals surface area (Å²) in [7, 11) is 0. The molecule has 1 aromatic carbocycles. The Morgan fingerprint density at radius 2 is 1.75 bits per heavy atom. The van der Waals surface area contributed by atoms with Crippen LogP contribution in [0.2, 0.25) is 0 Å². The number of carbonyl (C=O) groups excluding carboxylic acids is 1. The van der Waals surface area contributed by atoms with Crippen LogP contribution in [0.25, 0.3) is 0 Å². The molecule has 0 saturated carbocycles. The molecule has 16 heavy (non-hydrogen) atoms. The maximum atomic E-state index is 12.1. The predicted octanol–water partition coefficient (Wildman–Crippen LogP) is 4.83. The van der Waals surface area contributed by atoms with Crippen molar-refractivity contribution in [2.75, 3.05) is 0 Å². The van der Waals surface area contributed by atoms with Crippen molar-refractivity contribution in [3.05, 3.63) is 34.9 Å². The highest BCUT2D eigenvalue weighted by atomic mass is 79.9. The average Bonchev–Trinajstić information content (AvgIpc) is 2.25. The molecule has 0 aliphatic carbocycles. The Labute approximate surface area is 121 Å². The third-order valence-electron chi connectivity index (χ3n) is 2.30. The molecule has 1 nitrogen and oxygen atoms in total. The summed E-state index contributed by atoms with van der Waals surface area (Å²) in [6.07, 6.45) is 0. The summed E-state index contributed by atoms with van der Waals surface area (Å²) in [4.78, 5) is 12.1. The van der Waals surface area contributed by atoms with Gasteiger partial charge in [-0.2, -0.15) is 0 Å². The fourth-order valence-corrected chi connectivity index (χ4v) is 2.66. The van der Waals surface area contributed by atoms with Crippen LogP contribution in [-0.2, 0) is 10.7 Å². The molecule has 0 aliphatic heterocycles. The molecule has 0 heterocycles. The second kappa shape index (κ2) is 5.78. The first-order valence-corrected chi connectivity index (χ1v) is 7.91. The molecule has 0 atom stereocenters. The lowest BCUT2D eigenvalue weighted by Crippen LogP contribution is -2.24. The molecule has 0 radical (unpaired) electrons. The van der Waals surface area contributed by atoms with Gasteiger partial charge < -0.3 is 0 Å². The Balaban J connectivity index is 3.13. The largest absolute Gasteiger partial charge is 0.293 e. The van der Waals surface area contributed by atoms with Gasteiger partial charge in [-0.1, -0.05) is 59.9 Å². The summed E-state index contributed by atoms with van der Waals surface area (Å²) in [5.74, 6) is 0.107. The van der Waals surface area contributed by atoms with Crippen molar-refractivity contribution >= 4 is 53.6 Å². The van der Waals surface area contributed by atoms with Gasteiger partial charge in [-0.3, -0.25) is 4.79 Å². The molecular formula is C12H13Br3O. The van der Waals surface area contributed by atoms with Crippen molar-refractivity contribution in [2.45, 2.75) is 28.8 Å². The number of alkyl halides is 3. The first-order valence-electron chi connectivity index (χ1n) is 4.87. The quantitative estimate of drug-likeness (QED) is 0.511. The summed E-state index contributed by atoms with van der Waals surface area (Å²) >= 11 is 10.3. The molecule has 0 aliphatic rings. The van der Waals surface area contributed by atoms with Crippen molar-refractivity contribution in [3.63, 3.8) is 0 Å². The van der Waals surface area contributed by atoms with Crippen molar-refractivity contribution in [1.82, 2.24) is 0 Å². The van der Waals surface area contributed by atoms with Gasteiger partial charge in [-0.25, -0.2) is 0 Å². The molecule has 0 aromatic heterocycles. The minimum absolute atomic E-state index is 0.107. The van der Waals surface area contributed by atoms with Crippen LogP contribution in [-0.4, -0.2) is 10.1 Å². The minimum Gasteiger partial charge on any atom is -0.293 e. The van der Waals surface area contributed by atoms with E-state index in [0.29, 0.717) is 0 Å². The van der Waals surface area contributed by atoms with Crippen molar-refractivity contribution in [1.29, 1.82) is 0 Å². The first kappa shape index (κ1) is 14.4. The predicted molar refractivity (Wildman–Crippen MR) is 79.0 cm³/mol. The molecule has 88 valence electrons. The van der Waals surface area contributed by atoms with Crippen LogP contribution >= 0.6 is 47.8 Å². The lowest BCUT2D eigenvalue weighted by atomic mass is 9.97. The summed E-state index contributed by atoms with van der Waals surface area (Å²) in [5, 5.41) is 1.57. The molecule has 0 spiro atoms. The zero-order valence-corrected chi connectivity index (χ0v) is 13.9. The average molecular weight is 413 g/mol. The van der Waals surface area contributed by atoms with E-state index in [0.717, 1.165) is 21.8 Å². The van der Waals surface area contributed by atoms with Gasteiger partial charge >= 0.3 is 0 Å². The summed E-state index contributed by atoms with van der Waals surface area (Å²) < 4.78 is -0.507. The second-order valence-electron chi connectivity index (χ2n) is 4.05. The number of ketones is 1. The van der Waals surface area contributed by atoms with Crippen LogP contribution in [0, 0.1) is 0 Å².